The van der Waals surface area contributed by atoms with Crippen molar-refractivity contribution in [1.82, 2.24) is 0 Å². The third-order valence-electron chi connectivity index (χ3n) is 3.94. The van der Waals surface area contributed by atoms with Gasteiger partial charge in [0.05, 0.1) is 21.4 Å². The number of rotatable bonds is 4. The van der Waals surface area contributed by atoms with Crippen LogP contribution >= 0.6 is 35.1 Å². The maximum atomic E-state index is 6.22. The molecular formula is C18H19Cl2NS. The topological polar surface area (TPSA) is 3.24 Å². The Morgan fingerprint density at radius 1 is 0.818 bits per heavy atom. The molecule has 116 valence electrons. The Kier molecular flexibility index (Phi) is 5.56. The molecule has 0 spiro atoms. The second kappa shape index (κ2) is 7.63. The molecule has 0 atom stereocenters. The van der Waals surface area contributed by atoms with E-state index in [9.17, 15) is 0 Å². The monoisotopic (exact) mass is 351 g/mol. The summed E-state index contributed by atoms with van der Waals surface area (Å²) >= 11 is 14.2. The van der Waals surface area contributed by atoms with Crippen LogP contribution in [-0.2, 0) is 0 Å². The van der Waals surface area contributed by atoms with Crippen LogP contribution in [-0.4, -0.2) is 5.25 Å². The molecule has 1 saturated carbocycles. The van der Waals surface area contributed by atoms with E-state index in [4.69, 9.17) is 23.2 Å². The van der Waals surface area contributed by atoms with Crippen molar-refractivity contribution in [2.75, 3.05) is 4.31 Å². The van der Waals surface area contributed by atoms with Crippen LogP contribution in [0.3, 0.4) is 0 Å². The molecule has 4 heteroatoms. The van der Waals surface area contributed by atoms with E-state index in [1.165, 1.54) is 37.8 Å². The van der Waals surface area contributed by atoms with Gasteiger partial charge in [-0.15, -0.1) is 0 Å². The number of para-hydroxylation sites is 1. The summed E-state index contributed by atoms with van der Waals surface area (Å²) < 4.78 is 2.29. The smallest absolute Gasteiger partial charge is 0.0613 e. The van der Waals surface area contributed by atoms with E-state index < -0.39 is 0 Å². The minimum atomic E-state index is 0.598. The van der Waals surface area contributed by atoms with Gasteiger partial charge in [-0.05, 0) is 55.1 Å². The van der Waals surface area contributed by atoms with E-state index in [2.05, 4.69) is 28.6 Å². The molecule has 2 aromatic carbocycles. The summed E-state index contributed by atoms with van der Waals surface area (Å²) in [6.45, 7) is 0. The van der Waals surface area contributed by atoms with Crippen LogP contribution in [0.2, 0.25) is 10.0 Å². The van der Waals surface area contributed by atoms with Gasteiger partial charge < -0.3 is 0 Å². The fraction of sp³-hybridized carbons (Fsp3) is 0.333. The van der Waals surface area contributed by atoms with Crippen LogP contribution in [0.1, 0.15) is 32.1 Å². The first-order chi connectivity index (χ1) is 10.7. The molecule has 3 rings (SSSR count). The Balaban J connectivity index is 1.89. The van der Waals surface area contributed by atoms with E-state index in [1.807, 2.05) is 36.2 Å². The van der Waals surface area contributed by atoms with Gasteiger partial charge in [-0.2, -0.15) is 0 Å². The molecule has 0 saturated heterocycles. The highest BCUT2D eigenvalue weighted by atomic mass is 35.5. The average Bonchev–Trinajstić information content (AvgIpc) is 2.57. The minimum Gasteiger partial charge on any atom is -0.284 e. The summed E-state index contributed by atoms with van der Waals surface area (Å²) in [6, 6.07) is 16.3. The maximum absolute atomic E-state index is 6.22. The number of hydrogen-bond donors (Lipinski definition) is 0. The third-order valence-corrected chi connectivity index (χ3v) is 6.08. The first-order valence-electron chi connectivity index (χ1n) is 7.71. The van der Waals surface area contributed by atoms with Gasteiger partial charge in [-0.25, -0.2) is 0 Å². The van der Waals surface area contributed by atoms with E-state index in [1.54, 1.807) is 0 Å². The van der Waals surface area contributed by atoms with Crippen LogP contribution in [0.15, 0.2) is 48.5 Å². The third kappa shape index (κ3) is 3.92. The summed E-state index contributed by atoms with van der Waals surface area (Å²) in [4.78, 5) is 0. The first-order valence-corrected chi connectivity index (χ1v) is 9.30. The summed E-state index contributed by atoms with van der Waals surface area (Å²) in [5, 5.41) is 1.87. The molecule has 2 aromatic rings. The zero-order valence-electron chi connectivity index (χ0n) is 12.3. The Morgan fingerprint density at radius 3 is 2.23 bits per heavy atom. The first kappa shape index (κ1) is 16.0. The minimum absolute atomic E-state index is 0.598. The van der Waals surface area contributed by atoms with Crippen molar-refractivity contribution in [2.45, 2.75) is 37.4 Å². The van der Waals surface area contributed by atoms with Crippen molar-refractivity contribution < 1.29 is 0 Å². The van der Waals surface area contributed by atoms with Gasteiger partial charge in [0.1, 0.15) is 0 Å². The number of halogens is 2. The molecule has 1 aliphatic rings. The second-order valence-electron chi connectivity index (χ2n) is 5.59. The molecule has 1 aliphatic carbocycles. The average molecular weight is 352 g/mol. The number of nitrogens with zero attached hydrogens (tertiary/aromatic N) is 1. The maximum Gasteiger partial charge on any atom is 0.0613 e. The molecule has 0 N–H and O–H groups in total. The number of hydrogen-bond acceptors (Lipinski definition) is 2. The van der Waals surface area contributed by atoms with Crippen molar-refractivity contribution >= 4 is 46.5 Å². The largest absolute Gasteiger partial charge is 0.284 e. The highest BCUT2D eigenvalue weighted by Gasteiger charge is 2.20. The van der Waals surface area contributed by atoms with Gasteiger partial charge >= 0.3 is 0 Å². The fourth-order valence-electron chi connectivity index (χ4n) is 2.77. The van der Waals surface area contributed by atoms with Gasteiger partial charge in [0, 0.05) is 5.25 Å². The Morgan fingerprint density at radius 2 is 1.55 bits per heavy atom. The van der Waals surface area contributed by atoms with E-state index >= 15 is 0 Å². The quantitative estimate of drug-likeness (QED) is 0.539. The van der Waals surface area contributed by atoms with Crippen LogP contribution < -0.4 is 4.31 Å². The van der Waals surface area contributed by atoms with Gasteiger partial charge in [0.2, 0.25) is 0 Å². The number of anilines is 2. The molecule has 0 aromatic heterocycles. The molecule has 0 heterocycles. The second-order valence-corrected chi connectivity index (χ2v) is 7.65. The summed E-state index contributed by atoms with van der Waals surface area (Å²) in [5.74, 6) is 0. The fourth-order valence-corrected chi connectivity index (χ4v) is 4.38. The number of benzene rings is 2. The molecular weight excluding hydrogens is 333 g/mol. The molecule has 22 heavy (non-hydrogen) atoms. The van der Waals surface area contributed by atoms with E-state index in [-0.39, 0.29) is 0 Å². The predicted molar refractivity (Wildman–Crippen MR) is 99.5 cm³/mol. The van der Waals surface area contributed by atoms with Crippen LogP contribution in [0.25, 0.3) is 0 Å². The predicted octanol–water partition coefficient (Wildman–Crippen LogP) is 7.11. The standard InChI is InChI=1S/C18H19Cl2NS/c19-17-12-11-15(13-18(17)20)21(14-7-3-1-4-8-14)22-16-9-5-2-6-10-16/h1,3-4,7-8,11-13,16H,2,5-6,9-10H2. The van der Waals surface area contributed by atoms with E-state index in [0.717, 1.165) is 5.69 Å². The molecule has 0 bridgehead atoms. The van der Waals surface area contributed by atoms with Crippen molar-refractivity contribution in [3.8, 4) is 0 Å². The Hall–Kier alpha value is -0.830. The lowest BCUT2D eigenvalue weighted by atomic mass is 10.0. The summed E-state index contributed by atoms with van der Waals surface area (Å²) in [5.41, 5.74) is 2.26. The van der Waals surface area contributed by atoms with Gasteiger partial charge in [-0.1, -0.05) is 60.7 Å². The Bertz CT molecular complexity index is 612. The zero-order valence-corrected chi connectivity index (χ0v) is 14.7. The molecule has 0 radical (unpaired) electrons. The molecule has 1 fully saturated rings. The van der Waals surface area contributed by atoms with E-state index in [0.29, 0.717) is 15.3 Å². The van der Waals surface area contributed by atoms with Gasteiger partial charge in [-0.3, -0.25) is 4.31 Å². The SMILES string of the molecule is Clc1ccc(N(SC2CCCCC2)c2ccccc2)cc1Cl. The zero-order chi connectivity index (χ0) is 15.4. The van der Waals surface area contributed by atoms with Crippen LogP contribution in [0.5, 0.6) is 0 Å². The summed E-state index contributed by atoms with van der Waals surface area (Å²) in [6.07, 6.45) is 6.61. The molecule has 1 nitrogen and oxygen atoms in total. The summed E-state index contributed by atoms with van der Waals surface area (Å²) in [7, 11) is 0. The lowest BCUT2D eigenvalue weighted by Gasteiger charge is -2.30. The highest BCUT2D eigenvalue weighted by Crippen LogP contribution is 2.40. The highest BCUT2D eigenvalue weighted by molar-refractivity contribution is 8.01. The van der Waals surface area contributed by atoms with Crippen LogP contribution in [0, 0.1) is 0 Å². The van der Waals surface area contributed by atoms with Crippen molar-refractivity contribution in [2.24, 2.45) is 0 Å². The van der Waals surface area contributed by atoms with Crippen LogP contribution in [0.4, 0.5) is 11.4 Å². The molecule has 0 unspecified atom stereocenters. The normalized spacial score (nSPS) is 15.7. The Labute approximate surface area is 146 Å². The lowest BCUT2D eigenvalue weighted by Crippen LogP contribution is -2.17. The molecule has 0 amide bonds. The van der Waals surface area contributed by atoms with Gasteiger partial charge in [0.15, 0.2) is 0 Å². The van der Waals surface area contributed by atoms with Crippen molar-refractivity contribution in [3.05, 3.63) is 58.6 Å². The van der Waals surface area contributed by atoms with Crippen molar-refractivity contribution in [1.29, 1.82) is 0 Å². The molecule has 0 aliphatic heterocycles. The lowest BCUT2D eigenvalue weighted by molar-refractivity contribution is 0.516. The van der Waals surface area contributed by atoms with Gasteiger partial charge in [0.25, 0.3) is 0 Å². The van der Waals surface area contributed by atoms with Crippen molar-refractivity contribution in [3.63, 3.8) is 0 Å².